The van der Waals surface area contributed by atoms with E-state index >= 15 is 0 Å². The summed E-state index contributed by atoms with van der Waals surface area (Å²) in [6, 6.07) is 5.58. The zero-order valence-electron chi connectivity index (χ0n) is 10.3. The second kappa shape index (κ2) is 7.02. The number of nitriles is 1. The third-order valence-corrected chi connectivity index (χ3v) is 3.04. The van der Waals surface area contributed by atoms with Crippen molar-refractivity contribution in [3.8, 4) is 11.8 Å². The third kappa shape index (κ3) is 3.23. The highest BCUT2D eigenvalue weighted by Gasteiger charge is 2.15. The number of benzene rings is 1. The second-order valence-corrected chi connectivity index (χ2v) is 4.07. The number of hydrogen-bond donors (Lipinski definition) is 0. The summed E-state index contributed by atoms with van der Waals surface area (Å²) in [6.45, 7) is 2.11. The number of rotatable bonds is 5. The van der Waals surface area contributed by atoms with Gasteiger partial charge in [0.25, 0.3) is 0 Å². The van der Waals surface area contributed by atoms with Gasteiger partial charge in [-0.2, -0.15) is 5.26 Å². The van der Waals surface area contributed by atoms with Gasteiger partial charge in [0.15, 0.2) is 0 Å². The fraction of sp³-hybridized carbons (Fsp3) is 0.385. The largest absolute Gasteiger partial charge is 0.495 e. The maximum atomic E-state index is 11.5. The molecule has 0 saturated heterocycles. The van der Waals surface area contributed by atoms with E-state index in [1.54, 1.807) is 19.1 Å². The Morgan fingerprint density at radius 1 is 1.50 bits per heavy atom. The molecule has 1 aromatic rings. The fourth-order valence-corrected chi connectivity index (χ4v) is 2.29. The van der Waals surface area contributed by atoms with E-state index < -0.39 is 0 Å². The number of carbonyl (C=O) groups excluding carboxylic acids is 1. The molecular formula is C13H14BrNO3. The van der Waals surface area contributed by atoms with Crippen LogP contribution in [-0.2, 0) is 21.3 Å². The molecule has 0 fully saturated rings. The Bertz CT molecular complexity index is 480. The van der Waals surface area contributed by atoms with Crippen molar-refractivity contribution in [2.45, 2.75) is 18.7 Å². The van der Waals surface area contributed by atoms with Gasteiger partial charge < -0.3 is 9.47 Å². The van der Waals surface area contributed by atoms with Crippen molar-refractivity contribution in [2.75, 3.05) is 13.7 Å². The molecule has 0 spiro atoms. The van der Waals surface area contributed by atoms with Crippen LogP contribution in [0, 0.1) is 11.3 Å². The molecular weight excluding hydrogens is 298 g/mol. The average molecular weight is 312 g/mol. The lowest BCUT2D eigenvalue weighted by Crippen LogP contribution is -2.10. The first-order valence-corrected chi connectivity index (χ1v) is 6.60. The molecule has 0 heterocycles. The predicted octanol–water partition coefficient (Wildman–Crippen LogP) is 2.57. The number of carbonyl (C=O) groups is 1. The van der Waals surface area contributed by atoms with Gasteiger partial charge in [0.2, 0.25) is 0 Å². The topological polar surface area (TPSA) is 59.3 Å². The number of hydrogen-bond acceptors (Lipinski definition) is 4. The Kier molecular flexibility index (Phi) is 5.66. The van der Waals surface area contributed by atoms with Crippen LogP contribution >= 0.6 is 15.9 Å². The quantitative estimate of drug-likeness (QED) is 0.619. The first kappa shape index (κ1) is 14.5. The van der Waals surface area contributed by atoms with Crippen molar-refractivity contribution in [3.05, 3.63) is 28.8 Å². The van der Waals surface area contributed by atoms with E-state index in [4.69, 9.17) is 14.7 Å². The lowest BCUT2D eigenvalue weighted by molar-refractivity contribution is -0.142. The van der Waals surface area contributed by atoms with Gasteiger partial charge in [-0.15, -0.1) is 0 Å². The number of esters is 1. The van der Waals surface area contributed by atoms with Gasteiger partial charge in [0.05, 0.1) is 25.7 Å². The molecule has 0 aromatic heterocycles. The van der Waals surface area contributed by atoms with Crippen LogP contribution in [0.2, 0.25) is 0 Å². The predicted molar refractivity (Wildman–Crippen MR) is 70.7 cm³/mol. The van der Waals surface area contributed by atoms with Crippen molar-refractivity contribution in [1.29, 1.82) is 5.26 Å². The molecule has 1 rings (SSSR count). The minimum Gasteiger partial charge on any atom is -0.495 e. The van der Waals surface area contributed by atoms with E-state index in [0.29, 0.717) is 23.2 Å². The van der Waals surface area contributed by atoms with Crippen LogP contribution in [0.4, 0.5) is 0 Å². The molecule has 0 aliphatic carbocycles. The normalized spacial score (nSPS) is 9.67. The molecule has 4 nitrogen and oxygen atoms in total. The van der Waals surface area contributed by atoms with Crippen LogP contribution in [0.3, 0.4) is 0 Å². The highest BCUT2D eigenvalue weighted by Crippen LogP contribution is 2.27. The summed E-state index contributed by atoms with van der Waals surface area (Å²) < 4.78 is 10.0. The highest BCUT2D eigenvalue weighted by atomic mass is 79.9. The minimum atomic E-state index is -0.297. The van der Waals surface area contributed by atoms with Crippen LogP contribution in [0.1, 0.15) is 23.6 Å². The van der Waals surface area contributed by atoms with E-state index in [1.165, 1.54) is 7.11 Å². The molecule has 5 heteroatoms. The smallest absolute Gasteiger partial charge is 0.310 e. The van der Waals surface area contributed by atoms with Gasteiger partial charge in [-0.3, -0.25) is 4.79 Å². The maximum absolute atomic E-state index is 11.5. The standard InChI is InChI=1S/C13H14BrNO3/c1-3-18-13(16)6-9-4-5-12(17-2)11(8-15)10(9)7-14/h4-5H,3,6-7H2,1-2H3. The van der Waals surface area contributed by atoms with Gasteiger partial charge in [-0.25, -0.2) is 0 Å². The monoisotopic (exact) mass is 311 g/mol. The summed E-state index contributed by atoms with van der Waals surface area (Å²) in [5.41, 5.74) is 2.00. The summed E-state index contributed by atoms with van der Waals surface area (Å²) >= 11 is 3.33. The van der Waals surface area contributed by atoms with Crippen LogP contribution in [0.5, 0.6) is 5.75 Å². The lowest BCUT2D eigenvalue weighted by Gasteiger charge is -2.11. The van der Waals surface area contributed by atoms with Gasteiger partial charge in [-0.1, -0.05) is 22.0 Å². The van der Waals surface area contributed by atoms with Crippen LogP contribution in [0.25, 0.3) is 0 Å². The Hall–Kier alpha value is -1.54. The summed E-state index contributed by atoms with van der Waals surface area (Å²) in [5.74, 6) is 0.216. The van der Waals surface area contributed by atoms with Crippen molar-refractivity contribution < 1.29 is 14.3 Å². The van der Waals surface area contributed by atoms with Crippen LogP contribution in [-0.4, -0.2) is 19.7 Å². The van der Waals surface area contributed by atoms with Crippen molar-refractivity contribution >= 4 is 21.9 Å². The zero-order valence-corrected chi connectivity index (χ0v) is 11.9. The number of nitrogens with zero attached hydrogens (tertiary/aromatic N) is 1. The Morgan fingerprint density at radius 2 is 2.22 bits per heavy atom. The van der Waals surface area contributed by atoms with Gasteiger partial charge in [-0.05, 0) is 24.1 Å². The number of alkyl halides is 1. The molecule has 0 N–H and O–H groups in total. The number of methoxy groups -OCH3 is 1. The number of halogens is 1. The van der Waals surface area contributed by atoms with Gasteiger partial charge >= 0.3 is 5.97 Å². The summed E-state index contributed by atoms with van der Waals surface area (Å²) in [6.07, 6.45) is 0.160. The maximum Gasteiger partial charge on any atom is 0.310 e. The highest BCUT2D eigenvalue weighted by molar-refractivity contribution is 9.08. The molecule has 0 aliphatic rings. The molecule has 0 radical (unpaired) electrons. The molecule has 0 saturated carbocycles. The van der Waals surface area contributed by atoms with E-state index in [9.17, 15) is 4.79 Å². The zero-order chi connectivity index (χ0) is 13.5. The number of ether oxygens (including phenoxy) is 2. The molecule has 0 amide bonds. The SMILES string of the molecule is CCOC(=O)Cc1ccc(OC)c(C#N)c1CBr. The fourth-order valence-electron chi connectivity index (χ4n) is 1.65. The second-order valence-electron chi connectivity index (χ2n) is 3.51. The van der Waals surface area contributed by atoms with Crippen LogP contribution < -0.4 is 4.74 Å². The van der Waals surface area contributed by atoms with Gasteiger partial charge in [0.1, 0.15) is 11.8 Å². The van der Waals surface area contributed by atoms with E-state index in [0.717, 1.165) is 11.1 Å². The average Bonchev–Trinajstić information content (AvgIpc) is 2.38. The molecule has 96 valence electrons. The molecule has 0 atom stereocenters. The Morgan fingerprint density at radius 3 is 2.72 bits per heavy atom. The Balaban J connectivity index is 3.14. The minimum absolute atomic E-state index is 0.160. The van der Waals surface area contributed by atoms with Crippen LogP contribution in [0.15, 0.2) is 12.1 Å². The van der Waals surface area contributed by atoms with Crippen molar-refractivity contribution in [3.63, 3.8) is 0 Å². The van der Waals surface area contributed by atoms with E-state index in [2.05, 4.69) is 22.0 Å². The molecule has 18 heavy (non-hydrogen) atoms. The Labute approximate surface area is 115 Å². The summed E-state index contributed by atoms with van der Waals surface area (Å²) in [7, 11) is 1.51. The lowest BCUT2D eigenvalue weighted by atomic mass is 10.00. The van der Waals surface area contributed by atoms with E-state index in [-0.39, 0.29) is 12.4 Å². The third-order valence-electron chi connectivity index (χ3n) is 2.48. The first-order chi connectivity index (χ1) is 8.67. The van der Waals surface area contributed by atoms with Crippen molar-refractivity contribution in [2.24, 2.45) is 0 Å². The molecule has 0 bridgehead atoms. The summed E-state index contributed by atoms with van der Waals surface area (Å²) in [4.78, 5) is 11.5. The first-order valence-electron chi connectivity index (χ1n) is 5.48. The van der Waals surface area contributed by atoms with Gasteiger partial charge in [0, 0.05) is 5.33 Å². The van der Waals surface area contributed by atoms with Crippen molar-refractivity contribution in [1.82, 2.24) is 0 Å². The molecule has 0 unspecified atom stereocenters. The van der Waals surface area contributed by atoms with E-state index in [1.807, 2.05) is 0 Å². The molecule has 0 aliphatic heterocycles. The summed E-state index contributed by atoms with van der Waals surface area (Å²) in [5, 5.41) is 9.64. The molecule has 1 aromatic carbocycles.